The van der Waals surface area contributed by atoms with Crippen molar-refractivity contribution < 1.29 is 14.0 Å². The van der Waals surface area contributed by atoms with Crippen molar-refractivity contribution >= 4 is 17.6 Å². The molecule has 0 aliphatic rings. The quantitative estimate of drug-likeness (QED) is 0.629. The molecule has 9 heteroatoms. The van der Waals surface area contributed by atoms with Gasteiger partial charge >= 0.3 is 0 Å². The highest BCUT2D eigenvalue weighted by Gasteiger charge is 2.16. The van der Waals surface area contributed by atoms with E-state index < -0.39 is 5.91 Å². The molecule has 2 amide bonds. The lowest BCUT2D eigenvalue weighted by Crippen LogP contribution is -2.25. The number of hydrogen-bond donors (Lipinski definition) is 2. The number of nitrogens with zero attached hydrogens (tertiary/aromatic N) is 4. The number of rotatable bonds is 7. The summed E-state index contributed by atoms with van der Waals surface area (Å²) in [6, 6.07) is 4.70. The van der Waals surface area contributed by atoms with E-state index in [9.17, 15) is 9.59 Å². The Hall–Kier alpha value is -3.36. The van der Waals surface area contributed by atoms with E-state index in [1.165, 1.54) is 17.0 Å². The molecule has 25 heavy (non-hydrogen) atoms. The maximum absolute atomic E-state index is 12.1. The molecule has 0 atom stereocenters. The van der Waals surface area contributed by atoms with Crippen molar-refractivity contribution in [3.8, 4) is 0 Å². The number of carbonyl (C=O) groups excluding carboxylic acids is 2. The Labute approximate surface area is 143 Å². The molecule has 3 rings (SSSR count). The standard InChI is InChI=1S/C16H18N6O3/c1-21-14(19-16(24)13-4-2-9-25-13)10-12(20-21)15(23)18-5-3-7-22-8-6-17-11-22/h2,4,6,8-11H,3,5,7H2,1H3,(H,18,23)(H,19,24). The molecule has 0 unspecified atom stereocenters. The third kappa shape index (κ3) is 4.14. The Morgan fingerprint density at radius 1 is 1.32 bits per heavy atom. The molecule has 0 fully saturated rings. The summed E-state index contributed by atoms with van der Waals surface area (Å²) in [7, 11) is 1.65. The fourth-order valence-corrected chi connectivity index (χ4v) is 2.25. The van der Waals surface area contributed by atoms with Crippen LogP contribution in [0.5, 0.6) is 0 Å². The van der Waals surface area contributed by atoms with Gasteiger partial charge in [0.15, 0.2) is 11.5 Å². The first-order chi connectivity index (χ1) is 12.1. The number of imidazole rings is 1. The zero-order chi connectivity index (χ0) is 17.6. The predicted molar refractivity (Wildman–Crippen MR) is 89.0 cm³/mol. The average Bonchev–Trinajstić information content (AvgIpc) is 3.34. The van der Waals surface area contributed by atoms with Crippen LogP contribution >= 0.6 is 0 Å². The zero-order valence-corrected chi connectivity index (χ0v) is 13.7. The SMILES string of the molecule is Cn1nc(C(=O)NCCCn2ccnc2)cc1NC(=O)c1ccco1. The number of nitrogens with one attached hydrogen (secondary N) is 2. The summed E-state index contributed by atoms with van der Waals surface area (Å²) in [5, 5.41) is 9.57. The molecule has 0 radical (unpaired) electrons. The summed E-state index contributed by atoms with van der Waals surface area (Å²) < 4.78 is 8.40. The normalized spacial score (nSPS) is 10.6. The van der Waals surface area contributed by atoms with Crippen molar-refractivity contribution in [3.05, 3.63) is 54.6 Å². The Bertz CT molecular complexity index is 835. The third-order valence-corrected chi connectivity index (χ3v) is 3.54. The van der Waals surface area contributed by atoms with Gasteiger partial charge in [-0.2, -0.15) is 5.10 Å². The van der Waals surface area contributed by atoms with E-state index in [0.29, 0.717) is 12.4 Å². The topological polar surface area (TPSA) is 107 Å². The van der Waals surface area contributed by atoms with Crippen LogP contribution in [0.4, 0.5) is 5.82 Å². The van der Waals surface area contributed by atoms with E-state index in [-0.39, 0.29) is 17.4 Å². The Kier molecular flexibility index (Phi) is 4.93. The van der Waals surface area contributed by atoms with Gasteiger partial charge in [-0.05, 0) is 18.6 Å². The maximum atomic E-state index is 12.1. The van der Waals surface area contributed by atoms with E-state index in [2.05, 4.69) is 20.7 Å². The van der Waals surface area contributed by atoms with E-state index in [4.69, 9.17) is 4.42 Å². The molecule has 0 saturated carbocycles. The smallest absolute Gasteiger partial charge is 0.292 e. The van der Waals surface area contributed by atoms with Gasteiger partial charge in [0.1, 0.15) is 5.82 Å². The van der Waals surface area contributed by atoms with Gasteiger partial charge in [0, 0.05) is 38.6 Å². The molecule has 2 N–H and O–H groups in total. The summed E-state index contributed by atoms with van der Waals surface area (Å²) in [6.07, 6.45) is 7.51. The number of hydrogen-bond acceptors (Lipinski definition) is 5. The highest BCUT2D eigenvalue weighted by atomic mass is 16.3. The van der Waals surface area contributed by atoms with Gasteiger partial charge in [-0.1, -0.05) is 0 Å². The monoisotopic (exact) mass is 342 g/mol. The number of aryl methyl sites for hydroxylation is 2. The van der Waals surface area contributed by atoms with Crippen molar-refractivity contribution in [2.45, 2.75) is 13.0 Å². The van der Waals surface area contributed by atoms with Crippen LogP contribution in [-0.2, 0) is 13.6 Å². The van der Waals surface area contributed by atoms with Crippen molar-refractivity contribution in [1.29, 1.82) is 0 Å². The van der Waals surface area contributed by atoms with Gasteiger partial charge in [0.2, 0.25) is 0 Å². The van der Waals surface area contributed by atoms with Crippen LogP contribution in [-0.4, -0.2) is 37.7 Å². The Balaban J connectivity index is 1.52. The van der Waals surface area contributed by atoms with Crippen LogP contribution in [0.25, 0.3) is 0 Å². The lowest BCUT2D eigenvalue weighted by Gasteiger charge is -2.03. The summed E-state index contributed by atoms with van der Waals surface area (Å²) in [4.78, 5) is 28.1. The second kappa shape index (κ2) is 7.47. The summed E-state index contributed by atoms with van der Waals surface area (Å²) >= 11 is 0. The molecule has 0 aliphatic heterocycles. The molecule has 3 heterocycles. The lowest BCUT2D eigenvalue weighted by atomic mass is 10.3. The number of furan rings is 1. The first kappa shape index (κ1) is 16.5. The molecule has 130 valence electrons. The van der Waals surface area contributed by atoms with Crippen LogP contribution < -0.4 is 10.6 Å². The van der Waals surface area contributed by atoms with Crippen LogP contribution in [0.3, 0.4) is 0 Å². The number of amides is 2. The number of carbonyl (C=O) groups is 2. The van der Waals surface area contributed by atoms with E-state index in [1.807, 2.05) is 10.8 Å². The van der Waals surface area contributed by atoms with Crippen molar-refractivity contribution in [3.63, 3.8) is 0 Å². The minimum absolute atomic E-state index is 0.187. The van der Waals surface area contributed by atoms with Gasteiger partial charge in [-0.3, -0.25) is 14.3 Å². The van der Waals surface area contributed by atoms with Gasteiger partial charge in [-0.15, -0.1) is 0 Å². The maximum Gasteiger partial charge on any atom is 0.292 e. The highest BCUT2D eigenvalue weighted by Crippen LogP contribution is 2.11. The summed E-state index contributed by atoms with van der Waals surface area (Å²) in [5.74, 6) is -0.100. The lowest BCUT2D eigenvalue weighted by molar-refractivity contribution is 0.0946. The first-order valence-electron chi connectivity index (χ1n) is 7.76. The molecule has 0 aromatic carbocycles. The second-order valence-corrected chi connectivity index (χ2v) is 5.38. The van der Waals surface area contributed by atoms with Gasteiger partial charge in [0.25, 0.3) is 11.8 Å². The predicted octanol–water partition coefficient (Wildman–Crippen LogP) is 1.28. The largest absolute Gasteiger partial charge is 0.459 e. The number of aromatic nitrogens is 4. The molecule has 9 nitrogen and oxygen atoms in total. The van der Waals surface area contributed by atoms with Crippen molar-refractivity contribution in [2.24, 2.45) is 7.05 Å². The van der Waals surface area contributed by atoms with E-state index in [0.717, 1.165) is 13.0 Å². The minimum atomic E-state index is -0.403. The van der Waals surface area contributed by atoms with Crippen molar-refractivity contribution in [2.75, 3.05) is 11.9 Å². The van der Waals surface area contributed by atoms with Gasteiger partial charge < -0.3 is 19.6 Å². The molecule has 0 bridgehead atoms. The molecule has 0 saturated heterocycles. The third-order valence-electron chi connectivity index (χ3n) is 3.54. The van der Waals surface area contributed by atoms with Crippen LogP contribution in [0.15, 0.2) is 47.6 Å². The van der Waals surface area contributed by atoms with Gasteiger partial charge in [0.05, 0.1) is 12.6 Å². The van der Waals surface area contributed by atoms with Crippen LogP contribution in [0.1, 0.15) is 27.5 Å². The van der Waals surface area contributed by atoms with Gasteiger partial charge in [-0.25, -0.2) is 4.98 Å². The molecular weight excluding hydrogens is 324 g/mol. The van der Waals surface area contributed by atoms with Crippen LogP contribution in [0.2, 0.25) is 0 Å². The molecule has 3 aromatic rings. The molecule has 0 spiro atoms. The van der Waals surface area contributed by atoms with E-state index >= 15 is 0 Å². The fraction of sp³-hybridized carbons (Fsp3) is 0.250. The van der Waals surface area contributed by atoms with Crippen LogP contribution in [0, 0.1) is 0 Å². The summed E-state index contributed by atoms with van der Waals surface area (Å²) in [6.45, 7) is 1.29. The fourth-order valence-electron chi connectivity index (χ4n) is 2.25. The van der Waals surface area contributed by atoms with E-state index in [1.54, 1.807) is 31.7 Å². The minimum Gasteiger partial charge on any atom is -0.459 e. The Morgan fingerprint density at radius 2 is 2.20 bits per heavy atom. The molecule has 3 aromatic heterocycles. The zero-order valence-electron chi connectivity index (χ0n) is 13.7. The highest BCUT2D eigenvalue weighted by molar-refractivity contribution is 6.02. The molecule has 0 aliphatic carbocycles. The second-order valence-electron chi connectivity index (χ2n) is 5.38. The summed E-state index contributed by atoms with van der Waals surface area (Å²) in [5.41, 5.74) is 0.236. The molecular formula is C16H18N6O3. The van der Waals surface area contributed by atoms with Crippen molar-refractivity contribution in [1.82, 2.24) is 24.6 Å². The Morgan fingerprint density at radius 3 is 2.92 bits per heavy atom. The first-order valence-corrected chi connectivity index (χ1v) is 7.76. The number of anilines is 1. The average molecular weight is 342 g/mol.